The molecule has 2 N–H and O–H groups in total. The Kier molecular flexibility index (Phi) is 7.24. The third kappa shape index (κ3) is 4.24. The minimum atomic E-state index is 0.463. The van der Waals surface area contributed by atoms with Crippen LogP contribution in [0.25, 0.3) is 22.3 Å². The van der Waals surface area contributed by atoms with Crippen LogP contribution in [0.15, 0.2) is 30.6 Å². The molecule has 0 spiro atoms. The van der Waals surface area contributed by atoms with Crippen LogP contribution in [0.5, 0.6) is 11.6 Å². The van der Waals surface area contributed by atoms with Gasteiger partial charge in [0.05, 0.1) is 25.4 Å². The Morgan fingerprint density at radius 2 is 1.93 bits per heavy atom. The van der Waals surface area contributed by atoms with Crippen molar-refractivity contribution >= 4 is 23.7 Å². The van der Waals surface area contributed by atoms with E-state index < -0.39 is 0 Å². The molecule has 0 aliphatic heterocycles. The molecule has 0 fully saturated rings. The standard InChI is InChI=1S/C18H22N4O2S.C2H6/c1-11-7-14(21-19-6-5-12(11)10-25)13-9-22(2)15-8-16(23-3)18(24-4)20-17(13)15;1-2/h5-9,19,21,25H,10H2,1-4H3;1-2H3. The number of ether oxygens (including phenoxy) is 2. The molecular formula is C20H28N4O2S. The van der Waals surface area contributed by atoms with Crippen molar-refractivity contribution < 1.29 is 9.47 Å². The molecule has 27 heavy (non-hydrogen) atoms. The number of aromatic nitrogens is 4. The van der Waals surface area contributed by atoms with E-state index in [1.54, 1.807) is 14.2 Å². The van der Waals surface area contributed by atoms with Gasteiger partial charge in [-0.3, -0.25) is 0 Å². The summed E-state index contributed by atoms with van der Waals surface area (Å²) in [7, 11) is 5.18. The maximum Gasteiger partial charge on any atom is 0.257 e. The largest absolute Gasteiger partial charge is 0.491 e. The van der Waals surface area contributed by atoms with Crippen molar-refractivity contribution in [1.82, 2.24) is 19.7 Å². The summed E-state index contributed by atoms with van der Waals surface area (Å²) in [6.07, 6.45) is 3.90. The second-order valence-corrected chi connectivity index (χ2v) is 6.06. The van der Waals surface area contributed by atoms with Gasteiger partial charge in [-0.2, -0.15) is 12.6 Å². The van der Waals surface area contributed by atoms with Crippen molar-refractivity contribution in [2.75, 3.05) is 14.2 Å². The number of pyridine rings is 1. The zero-order valence-corrected chi connectivity index (χ0v) is 17.6. The van der Waals surface area contributed by atoms with E-state index in [1.807, 2.05) is 50.0 Å². The Labute approximate surface area is 165 Å². The second-order valence-electron chi connectivity index (χ2n) is 5.75. The third-order valence-electron chi connectivity index (χ3n) is 4.21. The molecule has 0 bridgehead atoms. The Morgan fingerprint density at radius 1 is 1.19 bits per heavy atom. The van der Waals surface area contributed by atoms with E-state index in [0.717, 1.165) is 33.4 Å². The summed E-state index contributed by atoms with van der Waals surface area (Å²) in [4.78, 5) is 4.65. The molecule has 3 heterocycles. The van der Waals surface area contributed by atoms with Gasteiger partial charge in [-0.05, 0) is 30.2 Å². The van der Waals surface area contributed by atoms with Crippen molar-refractivity contribution in [3.63, 3.8) is 0 Å². The Hall–Kier alpha value is -2.54. The summed E-state index contributed by atoms with van der Waals surface area (Å²) in [5, 5.41) is 6.31. The highest BCUT2D eigenvalue weighted by molar-refractivity contribution is 7.79. The number of methoxy groups -OCH3 is 2. The molecule has 0 saturated heterocycles. The number of nitrogens with zero attached hydrogens (tertiary/aromatic N) is 2. The monoisotopic (exact) mass is 388 g/mol. The molecule has 0 atom stereocenters. The summed E-state index contributed by atoms with van der Waals surface area (Å²) in [6, 6.07) is 6.04. The predicted octanol–water partition coefficient (Wildman–Crippen LogP) is 4.80. The molecule has 6 nitrogen and oxygen atoms in total. The zero-order valence-electron chi connectivity index (χ0n) is 16.8. The quantitative estimate of drug-likeness (QED) is 0.562. The van der Waals surface area contributed by atoms with Gasteiger partial charge >= 0.3 is 0 Å². The molecule has 0 aliphatic carbocycles. The van der Waals surface area contributed by atoms with Crippen molar-refractivity contribution in [2.24, 2.45) is 7.05 Å². The second kappa shape index (κ2) is 9.41. The number of aromatic amines is 2. The molecular weight excluding hydrogens is 360 g/mol. The first-order chi connectivity index (χ1) is 13.1. The topological polar surface area (TPSA) is 67.9 Å². The number of thiol groups is 1. The third-order valence-corrected chi connectivity index (χ3v) is 4.55. The highest BCUT2D eigenvalue weighted by atomic mass is 32.1. The molecule has 0 amide bonds. The average Bonchev–Trinajstić information content (AvgIpc) is 3.01. The first-order valence-corrected chi connectivity index (χ1v) is 9.51. The van der Waals surface area contributed by atoms with Gasteiger partial charge in [-0.15, -0.1) is 0 Å². The van der Waals surface area contributed by atoms with Gasteiger partial charge in [0.2, 0.25) is 0 Å². The van der Waals surface area contributed by atoms with Crippen LogP contribution in [-0.4, -0.2) is 34.0 Å². The summed E-state index contributed by atoms with van der Waals surface area (Å²) < 4.78 is 12.8. The fraction of sp³-hybridized carbons (Fsp3) is 0.350. The van der Waals surface area contributed by atoms with Gasteiger partial charge in [-0.25, -0.2) is 4.98 Å². The van der Waals surface area contributed by atoms with Gasteiger partial charge in [0.15, 0.2) is 5.75 Å². The van der Waals surface area contributed by atoms with E-state index in [4.69, 9.17) is 9.47 Å². The fourth-order valence-corrected chi connectivity index (χ4v) is 3.16. The molecule has 0 unspecified atom stereocenters. The summed E-state index contributed by atoms with van der Waals surface area (Å²) in [5.74, 6) is 1.74. The number of rotatable bonds is 4. The molecule has 0 aromatic carbocycles. The normalized spacial score (nSPS) is 10.2. The van der Waals surface area contributed by atoms with Crippen molar-refractivity contribution in [2.45, 2.75) is 26.5 Å². The van der Waals surface area contributed by atoms with Gasteiger partial charge < -0.3 is 24.2 Å². The predicted molar refractivity (Wildman–Crippen MR) is 114 cm³/mol. The van der Waals surface area contributed by atoms with Gasteiger partial charge in [0.25, 0.3) is 5.88 Å². The van der Waals surface area contributed by atoms with E-state index in [-0.39, 0.29) is 0 Å². The van der Waals surface area contributed by atoms with Crippen LogP contribution in [0.2, 0.25) is 0 Å². The first-order valence-electron chi connectivity index (χ1n) is 8.87. The Morgan fingerprint density at radius 3 is 2.56 bits per heavy atom. The number of H-pyrrole nitrogens is 2. The van der Waals surface area contributed by atoms with Gasteiger partial charge in [0, 0.05) is 36.8 Å². The molecule has 7 heteroatoms. The SMILES string of the molecule is CC.COc1cc2c(nc1OC)c(-c1cc(C)c(CS)cc[nH][nH]1)cn2C. The van der Waals surface area contributed by atoms with E-state index in [2.05, 4.69) is 40.8 Å². The number of hydrogen-bond donors (Lipinski definition) is 3. The van der Waals surface area contributed by atoms with E-state index >= 15 is 0 Å². The lowest BCUT2D eigenvalue weighted by Crippen LogP contribution is -1.95. The summed E-state index contributed by atoms with van der Waals surface area (Å²) in [5.41, 5.74) is 6.00. The lowest BCUT2D eigenvalue weighted by Gasteiger charge is -2.07. The van der Waals surface area contributed by atoms with Crippen LogP contribution in [0.1, 0.15) is 25.0 Å². The molecule has 146 valence electrons. The first kappa shape index (κ1) is 20.8. The Balaban J connectivity index is 0.00000126. The number of nitrogens with one attached hydrogen (secondary N) is 2. The maximum absolute atomic E-state index is 5.37. The average molecular weight is 389 g/mol. The molecule has 3 rings (SSSR count). The molecule has 0 radical (unpaired) electrons. The van der Waals surface area contributed by atoms with Crippen LogP contribution in [-0.2, 0) is 12.8 Å². The number of hydrogen-bond acceptors (Lipinski definition) is 4. The zero-order chi connectivity index (χ0) is 20.0. The van der Waals surface area contributed by atoms with E-state index in [1.165, 1.54) is 0 Å². The molecule has 0 saturated carbocycles. The fourth-order valence-electron chi connectivity index (χ4n) is 2.81. The van der Waals surface area contributed by atoms with Gasteiger partial charge in [0.1, 0.15) is 5.52 Å². The van der Waals surface area contributed by atoms with Crippen LogP contribution in [0.4, 0.5) is 0 Å². The van der Waals surface area contributed by atoms with E-state index in [0.29, 0.717) is 17.4 Å². The van der Waals surface area contributed by atoms with Crippen LogP contribution < -0.4 is 9.47 Å². The smallest absolute Gasteiger partial charge is 0.257 e. The van der Waals surface area contributed by atoms with E-state index in [9.17, 15) is 0 Å². The maximum atomic E-state index is 5.37. The van der Waals surface area contributed by atoms with Crippen LogP contribution >= 0.6 is 12.6 Å². The highest BCUT2D eigenvalue weighted by Crippen LogP contribution is 2.34. The highest BCUT2D eigenvalue weighted by Gasteiger charge is 2.16. The summed E-state index contributed by atoms with van der Waals surface area (Å²) in [6.45, 7) is 6.07. The number of aryl methyl sites for hydroxylation is 2. The molecule has 3 aromatic heterocycles. The number of fused-ring (bicyclic) bond motifs is 1. The van der Waals surface area contributed by atoms with Gasteiger partial charge in [-0.1, -0.05) is 13.8 Å². The van der Waals surface area contributed by atoms with Crippen molar-refractivity contribution in [3.8, 4) is 22.9 Å². The molecule has 3 aromatic rings. The lowest BCUT2D eigenvalue weighted by atomic mass is 10.1. The lowest BCUT2D eigenvalue weighted by molar-refractivity contribution is 0.344. The molecule has 0 aliphatic rings. The Bertz CT molecular complexity index is 954. The summed E-state index contributed by atoms with van der Waals surface area (Å²) >= 11 is 4.40. The van der Waals surface area contributed by atoms with Crippen molar-refractivity contribution in [3.05, 3.63) is 41.7 Å². The van der Waals surface area contributed by atoms with Crippen molar-refractivity contribution in [1.29, 1.82) is 0 Å². The minimum absolute atomic E-state index is 0.463. The minimum Gasteiger partial charge on any atom is -0.491 e. The van der Waals surface area contributed by atoms with Crippen LogP contribution in [0.3, 0.4) is 0 Å². The van der Waals surface area contributed by atoms with Crippen LogP contribution in [0, 0.1) is 6.92 Å².